The van der Waals surface area contributed by atoms with Crippen LogP contribution in [0, 0.1) is 11.6 Å². The molecule has 0 heterocycles. The third-order valence-corrected chi connectivity index (χ3v) is 2.72. The average molecular weight is 287 g/mol. The number of hydrogen-bond donors (Lipinski definition) is 1. The molecule has 0 aromatic heterocycles. The minimum atomic E-state index is -4.66. The molecule has 6 heteroatoms. The van der Waals surface area contributed by atoms with Crippen LogP contribution in [0.3, 0.4) is 0 Å². The smallest absolute Gasteiger partial charge is 0.379 e. The summed E-state index contributed by atoms with van der Waals surface area (Å²) in [5.41, 5.74) is -1.13. The van der Waals surface area contributed by atoms with E-state index in [9.17, 15) is 22.0 Å². The van der Waals surface area contributed by atoms with Crippen molar-refractivity contribution in [3.63, 3.8) is 0 Å². The van der Waals surface area contributed by atoms with Crippen LogP contribution in [0.4, 0.5) is 27.6 Å². The molecule has 0 spiro atoms. The van der Waals surface area contributed by atoms with Crippen LogP contribution in [-0.4, -0.2) is 0 Å². The van der Waals surface area contributed by atoms with Gasteiger partial charge in [-0.15, -0.1) is 0 Å². The Morgan fingerprint density at radius 3 is 2.30 bits per heavy atom. The van der Waals surface area contributed by atoms with Crippen molar-refractivity contribution in [2.24, 2.45) is 0 Å². The maximum atomic E-state index is 13.3. The lowest BCUT2D eigenvalue weighted by molar-refractivity contribution is -0.138. The summed E-state index contributed by atoms with van der Waals surface area (Å²) in [5.74, 6) is -1.53. The van der Waals surface area contributed by atoms with Crippen molar-refractivity contribution in [3.05, 3.63) is 65.2 Å². The van der Waals surface area contributed by atoms with Crippen LogP contribution >= 0.6 is 0 Å². The number of hydrogen-bond acceptors (Lipinski definition) is 1. The van der Waals surface area contributed by atoms with E-state index in [4.69, 9.17) is 0 Å². The molecule has 2 aromatic rings. The van der Waals surface area contributed by atoms with E-state index in [0.29, 0.717) is 6.07 Å². The van der Waals surface area contributed by atoms with Crippen LogP contribution in [-0.2, 0) is 12.7 Å². The Morgan fingerprint density at radius 2 is 1.65 bits per heavy atom. The Balaban J connectivity index is 2.24. The second-order valence-corrected chi connectivity index (χ2v) is 4.13. The lowest BCUT2D eigenvalue weighted by Crippen LogP contribution is -2.12. The molecule has 0 bridgehead atoms. The molecule has 0 unspecified atom stereocenters. The topological polar surface area (TPSA) is 12.0 Å². The van der Waals surface area contributed by atoms with Crippen molar-refractivity contribution >= 4 is 5.69 Å². The van der Waals surface area contributed by atoms with Crippen LogP contribution < -0.4 is 5.32 Å². The number of nitrogens with one attached hydrogen (secondary N) is 1. The molecule has 0 fully saturated rings. The number of benzene rings is 2. The maximum Gasteiger partial charge on any atom is 0.416 e. The summed E-state index contributed by atoms with van der Waals surface area (Å²) >= 11 is 0. The lowest BCUT2D eigenvalue weighted by atomic mass is 10.1. The van der Waals surface area contributed by atoms with E-state index in [0.717, 1.165) is 12.1 Å². The van der Waals surface area contributed by atoms with Gasteiger partial charge in [-0.2, -0.15) is 13.2 Å². The first-order valence-corrected chi connectivity index (χ1v) is 5.72. The standard InChI is InChI=1S/C14H10F5N/c15-10-6-5-9(11(7-10)14(17,18)19)8-20-13-4-2-1-3-12(13)16/h1-7,20H,8H2. The quantitative estimate of drug-likeness (QED) is 0.814. The van der Waals surface area contributed by atoms with Crippen LogP contribution in [0.5, 0.6) is 0 Å². The molecule has 1 nitrogen and oxygen atoms in total. The van der Waals surface area contributed by atoms with Gasteiger partial charge in [-0.25, -0.2) is 8.78 Å². The Hall–Kier alpha value is -2.11. The molecule has 0 saturated carbocycles. The molecule has 2 aromatic carbocycles. The fraction of sp³-hybridized carbons (Fsp3) is 0.143. The monoisotopic (exact) mass is 287 g/mol. The molecule has 2 rings (SSSR count). The minimum absolute atomic E-state index is 0.0879. The molecule has 0 amide bonds. The van der Waals surface area contributed by atoms with Crippen molar-refractivity contribution in [1.82, 2.24) is 0 Å². The number of para-hydroxylation sites is 1. The summed E-state index contributed by atoms with van der Waals surface area (Å²) in [6, 6.07) is 8.03. The van der Waals surface area contributed by atoms with E-state index in [2.05, 4.69) is 5.32 Å². The average Bonchev–Trinajstić information content (AvgIpc) is 2.38. The summed E-state index contributed by atoms with van der Waals surface area (Å²) in [7, 11) is 0. The van der Waals surface area contributed by atoms with Gasteiger partial charge in [0.2, 0.25) is 0 Å². The molecule has 0 aliphatic heterocycles. The Labute approximate surface area is 112 Å². The Morgan fingerprint density at radius 1 is 0.950 bits per heavy atom. The first-order valence-electron chi connectivity index (χ1n) is 5.72. The predicted molar refractivity (Wildman–Crippen MR) is 65.1 cm³/mol. The van der Waals surface area contributed by atoms with Gasteiger partial charge >= 0.3 is 6.18 Å². The van der Waals surface area contributed by atoms with Gasteiger partial charge in [0.05, 0.1) is 11.3 Å². The van der Waals surface area contributed by atoms with Crippen molar-refractivity contribution in [1.29, 1.82) is 0 Å². The fourth-order valence-electron chi connectivity index (χ4n) is 1.76. The van der Waals surface area contributed by atoms with Crippen molar-refractivity contribution in [3.8, 4) is 0 Å². The van der Waals surface area contributed by atoms with Gasteiger partial charge in [0, 0.05) is 6.54 Å². The van der Waals surface area contributed by atoms with Gasteiger partial charge in [0.25, 0.3) is 0 Å². The summed E-state index contributed by atoms with van der Waals surface area (Å²) in [5, 5.41) is 2.56. The number of rotatable bonds is 3. The Kier molecular flexibility index (Phi) is 3.92. The number of halogens is 5. The van der Waals surface area contributed by atoms with Gasteiger partial charge in [-0.05, 0) is 29.8 Å². The highest BCUT2D eigenvalue weighted by Crippen LogP contribution is 2.33. The van der Waals surface area contributed by atoms with Gasteiger partial charge in [-0.3, -0.25) is 0 Å². The van der Waals surface area contributed by atoms with Gasteiger partial charge in [0.1, 0.15) is 11.6 Å². The zero-order valence-corrected chi connectivity index (χ0v) is 10.1. The largest absolute Gasteiger partial charge is 0.416 e. The molecule has 0 radical (unpaired) electrons. The molecule has 0 aliphatic rings. The summed E-state index contributed by atoms with van der Waals surface area (Å²) in [6.45, 7) is -0.254. The lowest BCUT2D eigenvalue weighted by Gasteiger charge is -2.14. The molecule has 0 atom stereocenters. The SMILES string of the molecule is Fc1ccc(CNc2ccccc2F)c(C(F)(F)F)c1. The van der Waals surface area contributed by atoms with E-state index in [-0.39, 0.29) is 17.8 Å². The van der Waals surface area contributed by atoms with Crippen LogP contribution in [0.25, 0.3) is 0 Å². The van der Waals surface area contributed by atoms with Crippen molar-refractivity contribution < 1.29 is 22.0 Å². The van der Waals surface area contributed by atoms with Gasteiger partial charge in [-0.1, -0.05) is 18.2 Å². The molecule has 1 N–H and O–H groups in total. The molecule has 0 saturated heterocycles. The van der Waals surface area contributed by atoms with Crippen molar-refractivity contribution in [2.45, 2.75) is 12.7 Å². The molecule has 20 heavy (non-hydrogen) atoms. The molecule has 106 valence electrons. The Bertz CT molecular complexity index is 607. The summed E-state index contributed by atoms with van der Waals surface area (Å²) in [6.07, 6.45) is -4.66. The van der Waals surface area contributed by atoms with Crippen molar-refractivity contribution in [2.75, 3.05) is 5.32 Å². The van der Waals surface area contributed by atoms with E-state index in [1.165, 1.54) is 18.2 Å². The van der Waals surface area contributed by atoms with Gasteiger partial charge < -0.3 is 5.32 Å². The number of alkyl halides is 3. The predicted octanol–water partition coefficient (Wildman–Crippen LogP) is 4.60. The molecular weight excluding hydrogens is 277 g/mol. The molecule has 0 aliphatic carbocycles. The van der Waals surface area contributed by atoms with E-state index < -0.39 is 23.4 Å². The molecular formula is C14H10F5N. The fourth-order valence-corrected chi connectivity index (χ4v) is 1.76. The first kappa shape index (κ1) is 14.3. The first-order chi connectivity index (χ1) is 9.38. The second-order valence-electron chi connectivity index (χ2n) is 4.13. The van der Waals surface area contributed by atoms with Crippen LogP contribution in [0.15, 0.2) is 42.5 Å². The normalized spacial score (nSPS) is 11.4. The third kappa shape index (κ3) is 3.26. The zero-order chi connectivity index (χ0) is 14.8. The van der Waals surface area contributed by atoms with Crippen LogP contribution in [0.2, 0.25) is 0 Å². The maximum absolute atomic E-state index is 13.3. The minimum Gasteiger partial charge on any atom is -0.379 e. The van der Waals surface area contributed by atoms with Gasteiger partial charge in [0.15, 0.2) is 0 Å². The highest BCUT2D eigenvalue weighted by atomic mass is 19.4. The number of anilines is 1. The van der Waals surface area contributed by atoms with E-state index >= 15 is 0 Å². The van der Waals surface area contributed by atoms with Crippen LogP contribution in [0.1, 0.15) is 11.1 Å². The third-order valence-electron chi connectivity index (χ3n) is 2.72. The van der Waals surface area contributed by atoms with E-state index in [1.807, 2.05) is 0 Å². The zero-order valence-electron chi connectivity index (χ0n) is 10.1. The highest BCUT2D eigenvalue weighted by molar-refractivity contribution is 5.45. The summed E-state index contributed by atoms with van der Waals surface area (Å²) < 4.78 is 64.6. The second kappa shape index (κ2) is 5.48. The van der Waals surface area contributed by atoms with E-state index in [1.54, 1.807) is 6.07 Å². The summed E-state index contributed by atoms with van der Waals surface area (Å²) in [4.78, 5) is 0. The highest BCUT2D eigenvalue weighted by Gasteiger charge is 2.33.